The summed E-state index contributed by atoms with van der Waals surface area (Å²) in [4.78, 5) is 0. The molecule has 2 atom stereocenters. The third kappa shape index (κ3) is 1.76. The zero-order chi connectivity index (χ0) is 13.5. The van der Waals surface area contributed by atoms with Gasteiger partial charge in [-0.1, -0.05) is 13.8 Å². The molecule has 0 aliphatic heterocycles. The molecule has 0 amide bonds. The van der Waals surface area contributed by atoms with Crippen LogP contribution in [0.2, 0.25) is 0 Å². The van der Waals surface area contributed by atoms with Crippen LogP contribution in [0.3, 0.4) is 0 Å². The lowest BCUT2D eigenvalue weighted by atomic mass is 9.53. The van der Waals surface area contributed by atoms with Gasteiger partial charge in [0.05, 0.1) is 6.10 Å². The molecule has 3 heteroatoms. The monoisotopic (exact) mass is 254 g/mol. The maximum absolute atomic E-state index is 14.0. The number of aliphatic hydroxyl groups is 1. The summed E-state index contributed by atoms with van der Waals surface area (Å²) in [7, 11) is 0. The van der Waals surface area contributed by atoms with Crippen LogP contribution in [0.1, 0.15) is 50.2 Å². The number of aliphatic hydroxyl groups excluding tert-OH is 1. The molecule has 2 unspecified atom stereocenters. The lowest BCUT2D eigenvalue weighted by molar-refractivity contribution is -0.0941. The fourth-order valence-electron chi connectivity index (χ4n) is 3.34. The fraction of sp³-hybridized carbons (Fsp3) is 0.600. The van der Waals surface area contributed by atoms with E-state index in [1.807, 2.05) is 13.8 Å². The van der Waals surface area contributed by atoms with Gasteiger partial charge in [0.1, 0.15) is 11.6 Å². The highest BCUT2D eigenvalue weighted by Crippen LogP contribution is 2.57. The third-order valence-corrected chi connectivity index (χ3v) is 4.79. The van der Waals surface area contributed by atoms with Gasteiger partial charge in [0, 0.05) is 5.41 Å². The summed E-state index contributed by atoms with van der Waals surface area (Å²) in [6.07, 6.45) is 1.69. The molecule has 0 heterocycles. The van der Waals surface area contributed by atoms with E-state index < -0.39 is 6.10 Å². The Labute approximate surface area is 107 Å². The second-order valence-electron chi connectivity index (χ2n) is 5.37. The second kappa shape index (κ2) is 4.61. The van der Waals surface area contributed by atoms with Crippen molar-refractivity contribution in [1.29, 1.82) is 0 Å². The molecule has 1 fully saturated rings. The summed E-state index contributed by atoms with van der Waals surface area (Å²) >= 11 is 0. The van der Waals surface area contributed by atoms with Gasteiger partial charge in [0.25, 0.3) is 0 Å². The first-order valence-corrected chi connectivity index (χ1v) is 6.59. The largest absolute Gasteiger partial charge is 0.393 e. The molecule has 1 N–H and O–H groups in total. The first-order chi connectivity index (χ1) is 8.46. The van der Waals surface area contributed by atoms with Crippen LogP contribution in [0.15, 0.2) is 12.1 Å². The molecule has 0 bridgehead atoms. The molecule has 0 aromatic heterocycles. The maximum Gasteiger partial charge on any atom is 0.127 e. The number of hydrogen-bond donors (Lipinski definition) is 1. The minimum absolute atomic E-state index is 0.0717. The third-order valence-electron chi connectivity index (χ3n) is 4.79. The molecule has 1 nitrogen and oxygen atoms in total. The average Bonchev–Trinajstić information content (AvgIpc) is 2.33. The Morgan fingerprint density at radius 1 is 1.22 bits per heavy atom. The topological polar surface area (TPSA) is 20.2 Å². The van der Waals surface area contributed by atoms with E-state index in [0.29, 0.717) is 17.5 Å². The van der Waals surface area contributed by atoms with Gasteiger partial charge in [-0.15, -0.1) is 0 Å². The SMILES string of the molecule is CCC1(CC)C(O)CC1c1cc(F)c(C)cc1F. The fourth-order valence-corrected chi connectivity index (χ4v) is 3.34. The van der Waals surface area contributed by atoms with E-state index >= 15 is 0 Å². The lowest BCUT2D eigenvalue weighted by Gasteiger charge is -2.53. The van der Waals surface area contributed by atoms with Crippen molar-refractivity contribution in [3.05, 3.63) is 34.9 Å². The standard InChI is InChI=1S/C15H20F2O/c1-4-15(5-2)11(8-14(15)18)10-7-12(16)9(3)6-13(10)17/h6-7,11,14,18H,4-5,8H2,1-3H3. The van der Waals surface area contributed by atoms with Gasteiger partial charge in [-0.05, 0) is 55.4 Å². The predicted octanol–water partition coefficient (Wildman–Crippen LogP) is 3.93. The Morgan fingerprint density at radius 2 is 1.83 bits per heavy atom. The predicted molar refractivity (Wildman–Crippen MR) is 67.5 cm³/mol. The van der Waals surface area contributed by atoms with Crippen LogP contribution in [0.4, 0.5) is 8.78 Å². The van der Waals surface area contributed by atoms with Crippen LogP contribution >= 0.6 is 0 Å². The van der Waals surface area contributed by atoms with Gasteiger partial charge < -0.3 is 5.11 Å². The first-order valence-electron chi connectivity index (χ1n) is 6.59. The molecule has 0 saturated heterocycles. The van der Waals surface area contributed by atoms with Crippen LogP contribution in [-0.4, -0.2) is 11.2 Å². The zero-order valence-corrected chi connectivity index (χ0v) is 11.1. The second-order valence-corrected chi connectivity index (χ2v) is 5.37. The van der Waals surface area contributed by atoms with Crippen molar-refractivity contribution in [2.75, 3.05) is 0 Å². The van der Waals surface area contributed by atoms with E-state index in [1.165, 1.54) is 12.1 Å². The zero-order valence-electron chi connectivity index (χ0n) is 11.1. The van der Waals surface area contributed by atoms with Crippen molar-refractivity contribution in [3.63, 3.8) is 0 Å². The summed E-state index contributed by atoms with van der Waals surface area (Å²) in [6.45, 7) is 5.56. The Hall–Kier alpha value is -0.960. The van der Waals surface area contributed by atoms with Gasteiger partial charge in [-0.2, -0.15) is 0 Å². The molecule has 18 heavy (non-hydrogen) atoms. The molecule has 1 aromatic carbocycles. The quantitative estimate of drug-likeness (QED) is 0.866. The molecule has 0 spiro atoms. The van der Waals surface area contributed by atoms with Crippen molar-refractivity contribution in [3.8, 4) is 0 Å². The number of hydrogen-bond acceptors (Lipinski definition) is 1. The summed E-state index contributed by atoms with van der Waals surface area (Å²) in [5.41, 5.74) is 0.463. The molecule has 1 saturated carbocycles. The first kappa shape index (κ1) is 13.5. The van der Waals surface area contributed by atoms with E-state index in [1.54, 1.807) is 6.92 Å². The highest BCUT2D eigenvalue weighted by Gasteiger charge is 2.53. The molecular formula is C15H20F2O. The van der Waals surface area contributed by atoms with Crippen molar-refractivity contribution in [1.82, 2.24) is 0 Å². The van der Waals surface area contributed by atoms with Crippen LogP contribution in [-0.2, 0) is 0 Å². The summed E-state index contributed by atoms with van der Waals surface area (Å²) in [5, 5.41) is 9.99. The Balaban J connectivity index is 2.41. The van der Waals surface area contributed by atoms with Gasteiger partial charge in [0.2, 0.25) is 0 Å². The van der Waals surface area contributed by atoms with Crippen molar-refractivity contribution in [2.24, 2.45) is 5.41 Å². The summed E-state index contributed by atoms with van der Waals surface area (Å²) in [5.74, 6) is -0.788. The van der Waals surface area contributed by atoms with Crippen molar-refractivity contribution >= 4 is 0 Å². The van der Waals surface area contributed by atoms with Gasteiger partial charge in [-0.3, -0.25) is 0 Å². The van der Waals surface area contributed by atoms with E-state index in [0.717, 1.165) is 12.8 Å². The Bertz CT molecular complexity index is 452. The number of benzene rings is 1. The summed E-state index contributed by atoms with van der Waals surface area (Å²) in [6, 6.07) is 2.56. The minimum atomic E-state index is -0.402. The molecular weight excluding hydrogens is 234 g/mol. The summed E-state index contributed by atoms with van der Waals surface area (Å²) < 4.78 is 27.6. The van der Waals surface area contributed by atoms with E-state index in [9.17, 15) is 13.9 Å². The van der Waals surface area contributed by atoms with Gasteiger partial charge >= 0.3 is 0 Å². The highest BCUT2D eigenvalue weighted by molar-refractivity contribution is 5.32. The molecule has 1 aliphatic carbocycles. The van der Waals surface area contributed by atoms with Crippen LogP contribution in [0.25, 0.3) is 0 Å². The van der Waals surface area contributed by atoms with Crippen molar-refractivity contribution in [2.45, 2.75) is 52.1 Å². The molecule has 1 aliphatic rings. The normalized spacial score (nSPS) is 25.9. The average molecular weight is 254 g/mol. The lowest BCUT2D eigenvalue weighted by Crippen LogP contribution is -2.51. The minimum Gasteiger partial charge on any atom is -0.393 e. The van der Waals surface area contributed by atoms with Crippen LogP contribution < -0.4 is 0 Å². The number of rotatable bonds is 3. The number of aryl methyl sites for hydroxylation is 1. The van der Waals surface area contributed by atoms with Crippen LogP contribution in [0, 0.1) is 24.0 Å². The Kier molecular flexibility index (Phi) is 3.45. The maximum atomic E-state index is 14.0. The van der Waals surface area contributed by atoms with E-state index in [-0.39, 0.29) is 23.0 Å². The molecule has 1 aromatic rings. The van der Waals surface area contributed by atoms with E-state index in [2.05, 4.69) is 0 Å². The molecule has 0 radical (unpaired) electrons. The molecule has 100 valence electrons. The Morgan fingerprint density at radius 3 is 2.33 bits per heavy atom. The van der Waals surface area contributed by atoms with Crippen molar-refractivity contribution < 1.29 is 13.9 Å². The highest BCUT2D eigenvalue weighted by atomic mass is 19.1. The van der Waals surface area contributed by atoms with Gasteiger partial charge in [0.15, 0.2) is 0 Å². The van der Waals surface area contributed by atoms with Gasteiger partial charge in [-0.25, -0.2) is 8.78 Å². The van der Waals surface area contributed by atoms with Crippen LogP contribution in [0.5, 0.6) is 0 Å². The smallest absolute Gasteiger partial charge is 0.127 e. The van der Waals surface area contributed by atoms with E-state index in [4.69, 9.17) is 0 Å². The number of halogens is 2. The molecule has 2 rings (SSSR count).